The van der Waals surface area contributed by atoms with Crippen LogP contribution in [0.1, 0.15) is 32.6 Å². The van der Waals surface area contributed by atoms with Crippen molar-refractivity contribution in [2.45, 2.75) is 32.6 Å². The molecule has 1 aromatic carbocycles. The zero-order valence-corrected chi connectivity index (χ0v) is 12.2. The Labute approximate surface area is 124 Å². The van der Waals surface area contributed by atoms with E-state index in [1.165, 1.54) is 12.1 Å². The lowest BCUT2D eigenvalue weighted by atomic mass is 9.74. The summed E-state index contributed by atoms with van der Waals surface area (Å²) < 4.78 is 0. The van der Waals surface area contributed by atoms with Crippen LogP contribution in [0.25, 0.3) is 0 Å². The first kappa shape index (κ1) is 15.4. The lowest BCUT2D eigenvalue weighted by molar-refractivity contribution is -0.384. The maximum atomic E-state index is 12.6. The van der Waals surface area contributed by atoms with Gasteiger partial charge in [0.25, 0.3) is 5.69 Å². The third-order valence-corrected chi connectivity index (χ3v) is 4.11. The summed E-state index contributed by atoms with van der Waals surface area (Å²) in [5, 5.41) is 16.8. The number of hydrogen-bond acceptors (Lipinski definition) is 4. The van der Waals surface area contributed by atoms with Gasteiger partial charge in [0.2, 0.25) is 5.91 Å². The molecular weight excluding hydrogens is 270 g/mol. The highest BCUT2D eigenvalue weighted by Gasteiger charge is 2.38. The highest BCUT2D eigenvalue weighted by molar-refractivity contribution is 5.95. The van der Waals surface area contributed by atoms with E-state index in [2.05, 4.69) is 17.6 Å². The van der Waals surface area contributed by atoms with Crippen LogP contribution in [0.5, 0.6) is 0 Å². The average Bonchev–Trinajstić information content (AvgIpc) is 2.49. The van der Waals surface area contributed by atoms with Gasteiger partial charge in [-0.05, 0) is 44.5 Å². The van der Waals surface area contributed by atoms with E-state index in [-0.39, 0.29) is 17.0 Å². The van der Waals surface area contributed by atoms with Gasteiger partial charge in [-0.3, -0.25) is 14.9 Å². The topological polar surface area (TPSA) is 84.3 Å². The van der Waals surface area contributed by atoms with Crippen molar-refractivity contribution in [2.75, 3.05) is 18.4 Å². The van der Waals surface area contributed by atoms with Gasteiger partial charge in [0, 0.05) is 17.8 Å². The number of benzene rings is 1. The van der Waals surface area contributed by atoms with Crippen LogP contribution in [-0.2, 0) is 4.79 Å². The van der Waals surface area contributed by atoms with Crippen molar-refractivity contribution >= 4 is 17.3 Å². The van der Waals surface area contributed by atoms with E-state index in [0.717, 1.165) is 38.8 Å². The van der Waals surface area contributed by atoms with E-state index in [0.29, 0.717) is 5.69 Å². The summed E-state index contributed by atoms with van der Waals surface area (Å²) in [6.07, 6.45) is 3.50. The molecule has 6 nitrogen and oxygen atoms in total. The second kappa shape index (κ2) is 6.67. The Bertz CT molecular complexity index is 502. The number of rotatable bonds is 5. The molecule has 21 heavy (non-hydrogen) atoms. The van der Waals surface area contributed by atoms with E-state index in [1.54, 1.807) is 12.1 Å². The first-order valence-electron chi connectivity index (χ1n) is 7.34. The maximum Gasteiger partial charge on any atom is 0.269 e. The van der Waals surface area contributed by atoms with Crippen LogP contribution in [0.3, 0.4) is 0 Å². The van der Waals surface area contributed by atoms with Crippen molar-refractivity contribution in [3.8, 4) is 0 Å². The Balaban J connectivity index is 2.09. The van der Waals surface area contributed by atoms with E-state index in [4.69, 9.17) is 0 Å². The van der Waals surface area contributed by atoms with Crippen molar-refractivity contribution in [1.82, 2.24) is 5.32 Å². The molecule has 1 saturated heterocycles. The first-order valence-corrected chi connectivity index (χ1v) is 7.34. The molecule has 2 N–H and O–H groups in total. The van der Waals surface area contributed by atoms with Crippen molar-refractivity contribution in [2.24, 2.45) is 5.41 Å². The molecule has 1 fully saturated rings. The molecule has 6 heteroatoms. The first-order chi connectivity index (χ1) is 10.1. The molecule has 1 aliphatic heterocycles. The number of nitrogens with one attached hydrogen (secondary N) is 2. The summed E-state index contributed by atoms with van der Waals surface area (Å²) in [7, 11) is 0. The third-order valence-electron chi connectivity index (χ3n) is 4.11. The number of piperidine rings is 1. The fourth-order valence-electron chi connectivity index (χ4n) is 2.90. The predicted molar refractivity (Wildman–Crippen MR) is 81.2 cm³/mol. The van der Waals surface area contributed by atoms with Gasteiger partial charge in [-0.25, -0.2) is 0 Å². The lowest BCUT2D eigenvalue weighted by Crippen LogP contribution is -2.44. The second-order valence-electron chi connectivity index (χ2n) is 5.54. The van der Waals surface area contributed by atoms with Crippen LogP contribution in [0, 0.1) is 15.5 Å². The van der Waals surface area contributed by atoms with Crippen LogP contribution < -0.4 is 10.6 Å². The van der Waals surface area contributed by atoms with E-state index < -0.39 is 4.92 Å². The molecule has 0 spiro atoms. The number of carbonyl (C=O) groups is 1. The molecular formula is C15H21N3O3. The van der Waals surface area contributed by atoms with Crippen LogP contribution >= 0.6 is 0 Å². The van der Waals surface area contributed by atoms with E-state index >= 15 is 0 Å². The minimum absolute atomic E-state index is 0.0261. The molecule has 0 aromatic heterocycles. The van der Waals surface area contributed by atoms with E-state index in [9.17, 15) is 14.9 Å². The fraction of sp³-hybridized carbons (Fsp3) is 0.533. The summed E-state index contributed by atoms with van der Waals surface area (Å²) >= 11 is 0. The number of nitro benzene ring substituents is 1. The molecule has 0 saturated carbocycles. The molecule has 0 unspecified atom stereocenters. The summed E-state index contributed by atoms with van der Waals surface area (Å²) in [6.45, 7) is 3.80. The molecule has 1 heterocycles. The molecule has 1 aromatic rings. The Morgan fingerprint density at radius 3 is 2.48 bits per heavy atom. The molecule has 2 rings (SSSR count). The fourth-order valence-corrected chi connectivity index (χ4v) is 2.90. The minimum Gasteiger partial charge on any atom is -0.326 e. The Morgan fingerprint density at radius 1 is 1.33 bits per heavy atom. The molecule has 0 radical (unpaired) electrons. The lowest BCUT2D eigenvalue weighted by Gasteiger charge is -2.36. The standard InChI is InChI=1S/C15H21N3O3/c1-2-7-15(8-10-16-11-9-15)14(19)17-12-3-5-13(6-4-12)18(20)21/h3-6,16H,2,7-11H2,1H3,(H,17,19). The summed E-state index contributed by atoms with van der Waals surface area (Å²) in [4.78, 5) is 22.8. The summed E-state index contributed by atoms with van der Waals surface area (Å²) in [5.74, 6) is 0.0275. The number of non-ortho nitro benzene ring substituents is 1. The van der Waals surface area contributed by atoms with Crippen LogP contribution in [-0.4, -0.2) is 23.9 Å². The van der Waals surface area contributed by atoms with Crippen molar-refractivity contribution < 1.29 is 9.72 Å². The Morgan fingerprint density at radius 2 is 1.95 bits per heavy atom. The number of nitro groups is 1. The van der Waals surface area contributed by atoms with Crippen LogP contribution in [0.2, 0.25) is 0 Å². The van der Waals surface area contributed by atoms with Gasteiger partial charge in [-0.15, -0.1) is 0 Å². The van der Waals surface area contributed by atoms with Gasteiger partial charge in [0.15, 0.2) is 0 Å². The van der Waals surface area contributed by atoms with Crippen LogP contribution in [0.15, 0.2) is 24.3 Å². The quantitative estimate of drug-likeness (QED) is 0.645. The molecule has 1 aliphatic rings. The average molecular weight is 291 g/mol. The zero-order valence-electron chi connectivity index (χ0n) is 12.2. The maximum absolute atomic E-state index is 12.6. The smallest absolute Gasteiger partial charge is 0.269 e. The normalized spacial score (nSPS) is 17.2. The highest BCUT2D eigenvalue weighted by Crippen LogP contribution is 2.35. The monoisotopic (exact) mass is 291 g/mol. The van der Waals surface area contributed by atoms with Gasteiger partial charge in [-0.1, -0.05) is 13.3 Å². The van der Waals surface area contributed by atoms with Gasteiger partial charge < -0.3 is 10.6 Å². The Kier molecular flexibility index (Phi) is 4.90. The molecule has 0 aliphatic carbocycles. The molecule has 0 atom stereocenters. The number of anilines is 1. The molecule has 1 amide bonds. The largest absolute Gasteiger partial charge is 0.326 e. The minimum atomic E-state index is -0.447. The van der Waals surface area contributed by atoms with Crippen LogP contribution in [0.4, 0.5) is 11.4 Å². The van der Waals surface area contributed by atoms with Crippen molar-refractivity contribution in [1.29, 1.82) is 0 Å². The summed E-state index contributed by atoms with van der Waals surface area (Å²) in [6, 6.07) is 5.97. The van der Waals surface area contributed by atoms with Crippen molar-refractivity contribution in [3.05, 3.63) is 34.4 Å². The molecule has 0 bridgehead atoms. The van der Waals surface area contributed by atoms with E-state index in [1.807, 2.05) is 0 Å². The Hall–Kier alpha value is -1.95. The number of hydrogen-bond donors (Lipinski definition) is 2. The highest BCUT2D eigenvalue weighted by atomic mass is 16.6. The zero-order chi connectivity index (χ0) is 15.3. The summed E-state index contributed by atoms with van der Waals surface area (Å²) in [5.41, 5.74) is 0.319. The van der Waals surface area contributed by atoms with Gasteiger partial charge in [-0.2, -0.15) is 0 Å². The second-order valence-corrected chi connectivity index (χ2v) is 5.54. The van der Waals surface area contributed by atoms with Gasteiger partial charge in [0.05, 0.1) is 10.3 Å². The van der Waals surface area contributed by atoms with Crippen molar-refractivity contribution in [3.63, 3.8) is 0 Å². The molecule has 114 valence electrons. The SMILES string of the molecule is CCCC1(C(=O)Nc2ccc([N+](=O)[O-])cc2)CCNCC1. The van der Waals surface area contributed by atoms with Gasteiger partial charge >= 0.3 is 0 Å². The third kappa shape index (κ3) is 3.58. The predicted octanol–water partition coefficient (Wildman–Crippen LogP) is 2.70. The number of amides is 1. The van der Waals surface area contributed by atoms with Gasteiger partial charge in [0.1, 0.15) is 0 Å². The number of carbonyl (C=O) groups excluding carboxylic acids is 1. The number of nitrogens with zero attached hydrogens (tertiary/aromatic N) is 1.